The van der Waals surface area contributed by atoms with E-state index in [0.717, 1.165) is 26.2 Å². The summed E-state index contributed by atoms with van der Waals surface area (Å²) in [6.45, 7) is 4.47. The Balaban J connectivity index is 1.99. The lowest BCUT2D eigenvalue weighted by molar-refractivity contribution is 0.132. The van der Waals surface area contributed by atoms with Gasteiger partial charge in [-0.15, -0.1) is 0 Å². The van der Waals surface area contributed by atoms with Gasteiger partial charge in [0.25, 0.3) is 0 Å². The fourth-order valence-corrected chi connectivity index (χ4v) is 2.22. The maximum absolute atomic E-state index is 5.63. The fraction of sp³-hybridized carbons (Fsp3) is 0.455. The summed E-state index contributed by atoms with van der Waals surface area (Å²) in [5, 5.41) is 1.36. The van der Waals surface area contributed by atoms with E-state index >= 15 is 0 Å². The predicted molar refractivity (Wildman–Crippen MR) is 61.7 cm³/mol. The highest BCUT2D eigenvalue weighted by molar-refractivity contribution is 6.46. The number of hydrogen-bond acceptors (Lipinski definition) is 2. The van der Waals surface area contributed by atoms with Crippen molar-refractivity contribution >= 4 is 14.9 Å². The monoisotopic (exact) mass is 210 g/mol. The molecule has 0 saturated carbocycles. The van der Waals surface area contributed by atoms with Gasteiger partial charge in [-0.05, 0) is 18.5 Å². The zero-order chi connectivity index (χ0) is 10.1. The summed E-state index contributed by atoms with van der Waals surface area (Å²) in [6, 6.07) is 10.4. The van der Waals surface area contributed by atoms with Crippen molar-refractivity contribution < 1.29 is 9.16 Å². The summed E-state index contributed by atoms with van der Waals surface area (Å²) in [7, 11) is -0.501. The molecule has 2 nitrogen and oxygen atoms in total. The fourth-order valence-electron chi connectivity index (χ4n) is 1.17. The van der Waals surface area contributed by atoms with Crippen molar-refractivity contribution in [2.24, 2.45) is 0 Å². The molecule has 0 unspecified atom stereocenters. The van der Waals surface area contributed by atoms with Gasteiger partial charge >= 0.3 is 0 Å². The molecule has 0 atom stereocenters. The SMILES string of the molecule is CCOCCCO[SiH2]c1ccccc1. The van der Waals surface area contributed by atoms with Crippen LogP contribution in [0, 0.1) is 0 Å². The topological polar surface area (TPSA) is 18.5 Å². The van der Waals surface area contributed by atoms with E-state index in [0.29, 0.717) is 0 Å². The first kappa shape index (κ1) is 11.4. The maximum Gasteiger partial charge on any atom is 0.192 e. The number of ether oxygens (including phenoxy) is 1. The molecule has 3 heteroatoms. The lowest BCUT2D eigenvalue weighted by atomic mass is 10.4. The quantitative estimate of drug-likeness (QED) is 0.490. The van der Waals surface area contributed by atoms with Crippen molar-refractivity contribution in [3.63, 3.8) is 0 Å². The van der Waals surface area contributed by atoms with Crippen molar-refractivity contribution in [1.82, 2.24) is 0 Å². The van der Waals surface area contributed by atoms with E-state index < -0.39 is 9.76 Å². The minimum Gasteiger partial charge on any atom is -0.418 e. The zero-order valence-corrected chi connectivity index (χ0v) is 10.2. The van der Waals surface area contributed by atoms with Crippen LogP contribution < -0.4 is 5.19 Å². The lowest BCUT2D eigenvalue weighted by Crippen LogP contribution is -2.17. The van der Waals surface area contributed by atoms with Crippen LogP contribution >= 0.6 is 0 Å². The average Bonchev–Trinajstić information content (AvgIpc) is 2.25. The van der Waals surface area contributed by atoms with Crippen molar-refractivity contribution in [3.8, 4) is 0 Å². The Hall–Kier alpha value is -0.643. The van der Waals surface area contributed by atoms with Gasteiger partial charge in [0.15, 0.2) is 9.76 Å². The highest BCUT2D eigenvalue weighted by atomic mass is 28.2. The summed E-state index contributed by atoms with van der Waals surface area (Å²) < 4.78 is 10.8. The molecule has 0 amide bonds. The van der Waals surface area contributed by atoms with Gasteiger partial charge in [-0.3, -0.25) is 0 Å². The van der Waals surface area contributed by atoms with Crippen LogP contribution in [-0.2, 0) is 9.16 Å². The molecule has 0 radical (unpaired) electrons. The first-order valence-electron chi connectivity index (χ1n) is 5.13. The van der Waals surface area contributed by atoms with Crippen LogP contribution in [-0.4, -0.2) is 29.6 Å². The van der Waals surface area contributed by atoms with Crippen LogP contribution in [0.3, 0.4) is 0 Å². The van der Waals surface area contributed by atoms with Crippen molar-refractivity contribution in [3.05, 3.63) is 30.3 Å². The third-order valence-electron chi connectivity index (χ3n) is 1.89. The molecule has 0 bridgehead atoms. The van der Waals surface area contributed by atoms with Gasteiger partial charge in [-0.25, -0.2) is 0 Å². The highest BCUT2D eigenvalue weighted by Crippen LogP contribution is 1.85. The van der Waals surface area contributed by atoms with Crippen LogP contribution in [0.2, 0.25) is 0 Å². The molecule has 0 aliphatic carbocycles. The Labute approximate surface area is 88.2 Å². The second kappa shape index (κ2) is 7.73. The summed E-state index contributed by atoms with van der Waals surface area (Å²) in [5.74, 6) is 0. The van der Waals surface area contributed by atoms with Gasteiger partial charge in [-0.2, -0.15) is 0 Å². The third-order valence-corrected chi connectivity index (χ3v) is 3.19. The third kappa shape index (κ3) is 5.17. The lowest BCUT2D eigenvalue weighted by Gasteiger charge is -2.03. The molecular weight excluding hydrogens is 192 g/mol. The second-order valence-electron chi connectivity index (χ2n) is 3.09. The molecule has 0 saturated heterocycles. The van der Waals surface area contributed by atoms with E-state index in [1.54, 1.807) is 0 Å². The summed E-state index contributed by atoms with van der Waals surface area (Å²) >= 11 is 0. The zero-order valence-electron chi connectivity index (χ0n) is 8.74. The molecule has 0 fully saturated rings. The van der Waals surface area contributed by atoms with Gasteiger partial charge in [0, 0.05) is 19.8 Å². The maximum atomic E-state index is 5.63. The van der Waals surface area contributed by atoms with Gasteiger partial charge in [0.2, 0.25) is 0 Å². The van der Waals surface area contributed by atoms with Gasteiger partial charge < -0.3 is 9.16 Å². The van der Waals surface area contributed by atoms with Crippen LogP contribution in [0.15, 0.2) is 30.3 Å². The first-order valence-corrected chi connectivity index (χ1v) is 6.41. The minimum absolute atomic E-state index is 0.501. The van der Waals surface area contributed by atoms with Crippen molar-refractivity contribution in [2.45, 2.75) is 13.3 Å². The number of hydrogen-bond donors (Lipinski definition) is 0. The van der Waals surface area contributed by atoms with Gasteiger partial charge in [-0.1, -0.05) is 30.3 Å². The molecule has 0 N–H and O–H groups in total. The Bertz CT molecular complexity index is 226. The predicted octanol–water partition coefficient (Wildman–Crippen LogP) is 0.839. The van der Waals surface area contributed by atoms with Crippen molar-refractivity contribution in [2.75, 3.05) is 19.8 Å². The van der Waals surface area contributed by atoms with Crippen LogP contribution in [0.5, 0.6) is 0 Å². The van der Waals surface area contributed by atoms with E-state index in [2.05, 4.69) is 24.3 Å². The molecule has 0 aliphatic heterocycles. The Kier molecular flexibility index (Phi) is 6.31. The highest BCUT2D eigenvalue weighted by Gasteiger charge is 1.92. The summed E-state index contributed by atoms with van der Waals surface area (Å²) in [5.41, 5.74) is 0. The van der Waals surface area contributed by atoms with Crippen molar-refractivity contribution in [1.29, 1.82) is 0 Å². The minimum atomic E-state index is -0.501. The van der Waals surface area contributed by atoms with Gasteiger partial charge in [0.05, 0.1) is 0 Å². The summed E-state index contributed by atoms with van der Waals surface area (Å²) in [6.07, 6.45) is 1.01. The number of rotatable bonds is 7. The molecule has 1 aromatic rings. The van der Waals surface area contributed by atoms with E-state index in [1.807, 2.05) is 13.0 Å². The van der Waals surface area contributed by atoms with E-state index in [1.165, 1.54) is 5.19 Å². The molecule has 78 valence electrons. The van der Waals surface area contributed by atoms with E-state index in [4.69, 9.17) is 9.16 Å². The molecule has 1 aromatic carbocycles. The Morgan fingerprint density at radius 3 is 2.64 bits per heavy atom. The number of benzene rings is 1. The largest absolute Gasteiger partial charge is 0.418 e. The molecule has 0 aliphatic rings. The molecular formula is C11H18O2Si. The summed E-state index contributed by atoms with van der Waals surface area (Å²) in [4.78, 5) is 0. The molecule has 0 spiro atoms. The first-order chi connectivity index (χ1) is 6.93. The smallest absolute Gasteiger partial charge is 0.192 e. The molecule has 0 heterocycles. The standard InChI is InChI=1S/C11H18O2Si/c1-2-12-9-6-10-13-14-11-7-4-3-5-8-11/h3-5,7-8H,2,6,9-10,14H2,1H3. The Morgan fingerprint density at radius 2 is 1.93 bits per heavy atom. The van der Waals surface area contributed by atoms with E-state index in [-0.39, 0.29) is 0 Å². The molecule has 1 rings (SSSR count). The average molecular weight is 210 g/mol. The second-order valence-corrected chi connectivity index (χ2v) is 4.60. The van der Waals surface area contributed by atoms with Crippen LogP contribution in [0.4, 0.5) is 0 Å². The van der Waals surface area contributed by atoms with Gasteiger partial charge in [0.1, 0.15) is 0 Å². The van der Waals surface area contributed by atoms with Crippen LogP contribution in [0.25, 0.3) is 0 Å². The normalized spacial score (nSPS) is 11.2. The molecule has 0 aromatic heterocycles. The van der Waals surface area contributed by atoms with E-state index in [9.17, 15) is 0 Å². The van der Waals surface area contributed by atoms with Crippen LogP contribution in [0.1, 0.15) is 13.3 Å². The Morgan fingerprint density at radius 1 is 1.14 bits per heavy atom. The molecule has 14 heavy (non-hydrogen) atoms.